The molecule has 0 radical (unpaired) electrons. The lowest BCUT2D eigenvalue weighted by atomic mass is 10.2. The van der Waals surface area contributed by atoms with Gasteiger partial charge in [0.2, 0.25) is 0 Å². The Hall–Kier alpha value is -3.16. The summed E-state index contributed by atoms with van der Waals surface area (Å²) >= 11 is 7.12. The number of hydrogen-bond acceptors (Lipinski definition) is 5. The number of thiophene rings is 1. The average Bonchev–Trinajstić information content (AvgIpc) is 3.21. The van der Waals surface area contributed by atoms with Crippen LogP contribution in [0.4, 0.5) is 0 Å². The monoisotopic (exact) mass is 414 g/mol. The Kier molecular flexibility index (Phi) is 6.41. The van der Waals surface area contributed by atoms with Crippen molar-refractivity contribution in [3.63, 3.8) is 0 Å². The molecule has 3 rings (SSSR count). The van der Waals surface area contributed by atoms with Crippen molar-refractivity contribution in [3.8, 4) is 10.4 Å². The smallest absolute Gasteiger partial charge is 0.348 e. The first-order valence-electron chi connectivity index (χ1n) is 8.20. The first kappa shape index (κ1) is 19.6. The van der Waals surface area contributed by atoms with Crippen molar-refractivity contribution in [3.05, 3.63) is 82.2 Å². The van der Waals surface area contributed by atoms with Crippen molar-refractivity contribution in [2.75, 3.05) is 6.61 Å². The first-order valence-corrected chi connectivity index (χ1v) is 9.39. The molecule has 2 amide bonds. The molecule has 142 valence electrons. The fourth-order valence-corrected chi connectivity index (χ4v) is 3.27. The molecule has 3 aromatic rings. The van der Waals surface area contributed by atoms with E-state index in [1.165, 1.54) is 11.3 Å². The number of hydrazine groups is 1. The highest BCUT2D eigenvalue weighted by atomic mass is 35.5. The Balaban J connectivity index is 1.48. The minimum atomic E-state index is -0.646. The van der Waals surface area contributed by atoms with Gasteiger partial charge in [0.25, 0.3) is 11.8 Å². The molecular formula is C20H15ClN2O4S. The van der Waals surface area contributed by atoms with E-state index in [0.29, 0.717) is 15.5 Å². The van der Waals surface area contributed by atoms with E-state index in [2.05, 4.69) is 10.9 Å². The maximum Gasteiger partial charge on any atom is 0.348 e. The third-order valence-electron chi connectivity index (χ3n) is 3.62. The van der Waals surface area contributed by atoms with Crippen LogP contribution in [0.5, 0.6) is 0 Å². The van der Waals surface area contributed by atoms with Crippen LogP contribution in [-0.4, -0.2) is 24.4 Å². The van der Waals surface area contributed by atoms with Gasteiger partial charge in [-0.3, -0.25) is 20.4 Å². The fraction of sp³-hybridized carbons (Fsp3) is 0.0500. The zero-order chi connectivity index (χ0) is 19.9. The molecule has 0 unspecified atom stereocenters. The van der Waals surface area contributed by atoms with Gasteiger partial charge >= 0.3 is 5.97 Å². The van der Waals surface area contributed by atoms with E-state index in [9.17, 15) is 14.4 Å². The van der Waals surface area contributed by atoms with Gasteiger partial charge in [-0.05, 0) is 42.0 Å². The zero-order valence-electron chi connectivity index (χ0n) is 14.5. The summed E-state index contributed by atoms with van der Waals surface area (Å²) < 4.78 is 4.98. The number of esters is 1. The number of ether oxygens (including phenoxy) is 1. The van der Waals surface area contributed by atoms with Crippen LogP contribution < -0.4 is 10.9 Å². The van der Waals surface area contributed by atoms with E-state index in [1.54, 1.807) is 54.6 Å². The van der Waals surface area contributed by atoms with Crippen molar-refractivity contribution in [1.29, 1.82) is 0 Å². The quantitative estimate of drug-likeness (QED) is 0.492. The van der Waals surface area contributed by atoms with E-state index >= 15 is 0 Å². The minimum Gasteiger partial charge on any atom is -0.451 e. The molecule has 8 heteroatoms. The maximum absolute atomic E-state index is 12.1. The second kappa shape index (κ2) is 9.16. The summed E-state index contributed by atoms with van der Waals surface area (Å²) in [5, 5.41) is 0.630. The second-order valence-corrected chi connectivity index (χ2v) is 7.14. The van der Waals surface area contributed by atoms with Crippen LogP contribution in [0.15, 0.2) is 66.7 Å². The number of rotatable bonds is 5. The molecule has 1 aromatic heterocycles. The number of halogens is 1. The fourth-order valence-electron chi connectivity index (χ4n) is 2.24. The highest BCUT2D eigenvalue weighted by molar-refractivity contribution is 7.17. The predicted octanol–water partition coefficient (Wildman–Crippen LogP) is 3.69. The van der Waals surface area contributed by atoms with Gasteiger partial charge in [-0.1, -0.05) is 41.9 Å². The number of nitrogens with one attached hydrogen (secondary N) is 2. The molecule has 2 aromatic carbocycles. The molecule has 28 heavy (non-hydrogen) atoms. The molecule has 0 aliphatic heterocycles. The summed E-state index contributed by atoms with van der Waals surface area (Å²) in [5.41, 5.74) is 5.78. The van der Waals surface area contributed by atoms with Gasteiger partial charge in [-0.2, -0.15) is 0 Å². The van der Waals surface area contributed by atoms with E-state index < -0.39 is 24.4 Å². The van der Waals surface area contributed by atoms with E-state index in [0.717, 1.165) is 10.4 Å². The molecule has 0 aliphatic rings. The Morgan fingerprint density at radius 3 is 2.32 bits per heavy atom. The summed E-state index contributed by atoms with van der Waals surface area (Å²) in [6.45, 7) is -0.512. The Bertz CT molecular complexity index is 987. The Morgan fingerprint density at radius 1 is 0.893 bits per heavy atom. The average molecular weight is 415 g/mol. The minimum absolute atomic E-state index is 0.367. The van der Waals surface area contributed by atoms with Crippen LogP contribution in [0.1, 0.15) is 20.0 Å². The molecule has 0 spiro atoms. The van der Waals surface area contributed by atoms with Gasteiger partial charge in [0.05, 0.1) is 0 Å². The molecule has 0 saturated heterocycles. The molecule has 1 heterocycles. The summed E-state index contributed by atoms with van der Waals surface area (Å²) in [6.07, 6.45) is 0. The highest BCUT2D eigenvalue weighted by Crippen LogP contribution is 2.29. The second-order valence-electron chi connectivity index (χ2n) is 5.62. The number of amides is 2. The van der Waals surface area contributed by atoms with E-state index in [1.807, 2.05) is 12.1 Å². The summed E-state index contributed by atoms with van der Waals surface area (Å²) in [5.74, 6) is -1.73. The topological polar surface area (TPSA) is 84.5 Å². The van der Waals surface area contributed by atoms with Crippen molar-refractivity contribution < 1.29 is 19.1 Å². The molecule has 0 aliphatic carbocycles. The summed E-state index contributed by atoms with van der Waals surface area (Å²) in [4.78, 5) is 36.9. The van der Waals surface area contributed by atoms with Crippen LogP contribution in [0, 0.1) is 0 Å². The van der Waals surface area contributed by atoms with Gasteiger partial charge in [-0.25, -0.2) is 4.79 Å². The van der Waals surface area contributed by atoms with Gasteiger partial charge in [0.15, 0.2) is 6.61 Å². The van der Waals surface area contributed by atoms with Crippen LogP contribution in [0.2, 0.25) is 5.02 Å². The zero-order valence-corrected chi connectivity index (χ0v) is 16.0. The highest BCUT2D eigenvalue weighted by Gasteiger charge is 2.14. The van der Waals surface area contributed by atoms with E-state index in [4.69, 9.17) is 16.3 Å². The number of hydrogen-bond donors (Lipinski definition) is 2. The predicted molar refractivity (Wildman–Crippen MR) is 107 cm³/mol. The van der Waals surface area contributed by atoms with Crippen LogP contribution in [-0.2, 0) is 9.53 Å². The molecule has 2 N–H and O–H groups in total. The third-order valence-corrected chi connectivity index (χ3v) is 4.99. The lowest BCUT2D eigenvalue weighted by Crippen LogP contribution is -2.43. The normalized spacial score (nSPS) is 10.2. The molecular weight excluding hydrogens is 400 g/mol. The van der Waals surface area contributed by atoms with Crippen molar-refractivity contribution in [1.82, 2.24) is 10.9 Å². The van der Waals surface area contributed by atoms with Crippen LogP contribution in [0.3, 0.4) is 0 Å². The third kappa shape index (κ3) is 5.18. The molecule has 0 fully saturated rings. The van der Waals surface area contributed by atoms with Crippen molar-refractivity contribution >= 4 is 40.7 Å². The van der Waals surface area contributed by atoms with Gasteiger partial charge in [0.1, 0.15) is 4.88 Å². The SMILES string of the molecule is O=C(COC(=O)c1ccc(-c2ccc(Cl)cc2)s1)NNC(=O)c1ccccc1. The molecule has 0 bridgehead atoms. The largest absolute Gasteiger partial charge is 0.451 e. The van der Waals surface area contributed by atoms with E-state index in [-0.39, 0.29) is 0 Å². The number of benzene rings is 2. The maximum atomic E-state index is 12.1. The summed E-state index contributed by atoms with van der Waals surface area (Å²) in [7, 11) is 0. The Morgan fingerprint density at radius 2 is 1.61 bits per heavy atom. The van der Waals surface area contributed by atoms with Crippen LogP contribution in [0.25, 0.3) is 10.4 Å². The van der Waals surface area contributed by atoms with Gasteiger partial charge in [0, 0.05) is 15.5 Å². The standard InChI is InChI=1S/C20H15ClN2O4S/c21-15-8-6-13(7-9-15)16-10-11-17(28-16)20(26)27-12-18(24)22-23-19(25)14-4-2-1-3-5-14/h1-11H,12H2,(H,22,24)(H,23,25). The summed E-state index contributed by atoms with van der Waals surface area (Å²) in [6, 6.07) is 19.1. The Labute approximate surface area is 170 Å². The molecule has 0 atom stereocenters. The molecule has 6 nitrogen and oxygen atoms in total. The van der Waals surface area contributed by atoms with Crippen LogP contribution >= 0.6 is 22.9 Å². The lowest BCUT2D eigenvalue weighted by molar-refractivity contribution is -0.125. The van der Waals surface area contributed by atoms with Crippen molar-refractivity contribution in [2.45, 2.75) is 0 Å². The molecule has 0 saturated carbocycles. The lowest BCUT2D eigenvalue weighted by Gasteiger charge is -2.07. The first-order chi connectivity index (χ1) is 13.5. The number of carbonyl (C=O) groups excluding carboxylic acids is 3. The van der Waals surface area contributed by atoms with Gasteiger partial charge < -0.3 is 4.74 Å². The number of carbonyl (C=O) groups is 3. The van der Waals surface area contributed by atoms with Gasteiger partial charge in [-0.15, -0.1) is 11.3 Å². The van der Waals surface area contributed by atoms with Crippen molar-refractivity contribution in [2.24, 2.45) is 0 Å².